The predicted octanol–water partition coefficient (Wildman–Crippen LogP) is 2.62. The fourth-order valence-electron chi connectivity index (χ4n) is 1.54. The van der Waals surface area contributed by atoms with Gasteiger partial charge < -0.3 is 5.32 Å². The summed E-state index contributed by atoms with van der Waals surface area (Å²) in [6, 6.07) is 6.51. The van der Waals surface area contributed by atoms with Crippen LogP contribution in [0.1, 0.15) is 18.5 Å². The quantitative estimate of drug-likeness (QED) is 0.666. The zero-order valence-electron chi connectivity index (χ0n) is 9.03. The lowest BCUT2D eigenvalue weighted by atomic mass is 10.1. The summed E-state index contributed by atoms with van der Waals surface area (Å²) >= 11 is 1.22. The molecule has 0 radical (unpaired) electrons. The number of hydrogen-bond acceptors (Lipinski definition) is 6. The molecule has 1 unspecified atom stereocenters. The van der Waals surface area contributed by atoms with Crippen LogP contribution in [0.3, 0.4) is 0 Å². The van der Waals surface area contributed by atoms with Crippen molar-refractivity contribution in [2.45, 2.75) is 13.0 Å². The van der Waals surface area contributed by atoms with Gasteiger partial charge in [0.05, 0.1) is 22.7 Å². The highest BCUT2D eigenvalue weighted by atomic mass is 32.1. The van der Waals surface area contributed by atoms with Crippen molar-refractivity contribution < 1.29 is 4.92 Å². The minimum absolute atomic E-state index is 0.116. The highest BCUT2D eigenvalue weighted by Crippen LogP contribution is 2.27. The Morgan fingerprint density at radius 1 is 1.47 bits per heavy atom. The second-order valence-corrected chi connectivity index (χ2v) is 4.25. The van der Waals surface area contributed by atoms with Crippen LogP contribution in [0.4, 0.5) is 10.7 Å². The zero-order chi connectivity index (χ0) is 12.3. The molecule has 0 aliphatic rings. The van der Waals surface area contributed by atoms with Crippen LogP contribution in [0.2, 0.25) is 0 Å². The molecule has 2 rings (SSSR count). The zero-order valence-corrected chi connectivity index (χ0v) is 9.85. The third kappa shape index (κ3) is 2.56. The molecule has 0 aliphatic heterocycles. The van der Waals surface area contributed by atoms with Gasteiger partial charge in [0, 0.05) is 17.6 Å². The van der Waals surface area contributed by atoms with Crippen molar-refractivity contribution in [3.8, 4) is 0 Å². The first-order valence-corrected chi connectivity index (χ1v) is 5.73. The van der Waals surface area contributed by atoms with Crippen LogP contribution >= 0.6 is 11.5 Å². The molecule has 0 bridgehead atoms. The van der Waals surface area contributed by atoms with Crippen molar-refractivity contribution in [3.05, 3.63) is 46.1 Å². The molecular weight excluding hydrogens is 240 g/mol. The second-order valence-electron chi connectivity index (χ2n) is 3.46. The van der Waals surface area contributed by atoms with Crippen molar-refractivity contribution in [3.63, 3.8) is 0 Å². The van der Waals surface area contributed by atoms with Crippen LogP contribution in [0.5, 0.6) is 0 Å². The summed E-state index contributed by atoms with van der Waals surface area (Å²) in [5.41, 5.74) is 0.760. The number of nitro groups is 1. The molecule has 0 saturated carbocycles. The summed E-state index contributed by atoms with van der Waals surface area (Å²) in [4.78, 5) is 10.5. The van der Waals surface area contributed by atoms with Crippen molar-refractivity contribution in [1.82, 2.24) is 9.59 Å². The van der Waals surface area contributed by atoms with Gasteiger partial charge in [0.25, 0.3) is 5.69 Å². The smallest absolute Gasteiger partial charge is 0.274 e. The van der Waals surface area contributed by atoms with E-state index in [1.54, 1.807) is 24.4 Å². The van der Waals surface area contributed by atoms with Crippen LogP contribution in [0, 0.1) is 10.1 Å². The number of anilines is 1. The first kappa shape index (κ1) is 11.5. The van der Waals surface area contributed by atoms with E-state index in [0.717, 1.165) is 5.00 Å². The maximum Gasteiger partial charge on any atom is 0.274 e. The summed E-state index contributed by atoms with van der Waals surface area (Å²) in [5.74, 6) is 0. The number of nitrogens with zero attached hydrogens (tertiary/aromatic N) is 3. The third-order valence-electron chi connectivity index (χ3n) is 2.32. The molecule has 6 nitrogen and oxygen atoms in total. The van der Waals surface area contributed by atoms with Crippen molar-refractivity contribution in [2.75, 3.05) is 5.32 Å². The maximum absolute atomic E-state index is 10.9. The van der Waals surface area contributed by atoms with Crippen LogP contribution in [0.25, 0.3) is 0 Å². The molecule has 88 valence electrons. The lowest BCUT2D eigenvalue weighted by Crippen LogP contribution is -2.08. The topological polar surface area (TPSA) is 81.0 Å². The van der Waals surface area contributed by atoms with E-state index in [-0.39, 0.29) is 16.7 Å². The summed E-state index contributed by atoms with van der Waals surface area (Å²) in [6.45, 7) is 1.86. The highest BCUT2D eigenvalue weighted by Gasteiger charge is 2.18. The van der Waals surface area contributed by atoms with E-state index in [2.05, 4.69) is 14.9 Å². The van der Waals surface area contributed by atoms with Crippen LogP contribution in [-0.2, 0) is 0 Å². The van der Waals surface area contributed by atoms with Crippen LogP contribution < -0.4 is 5.32 Å². The molecule has 0 spiro atoms. The van der Waals surface area contributed by atoms with Gasteiger partial charge in [-0.25, -0.2) is 0 Å². The fraction of sp³-hybridized carbons (Fsp3) is 0.200. The van der Waals surface area contributed by atoms with Crippen molar-refractivity contribution in [1.29, 1.82) is 0 Å². The van der Waals surface area contributed by atoms with E-state index in [4.69, 9.17) is 0 Å². The van der Waals surface area contributed by atoms with Gasteiger partial charge in [0.15, 0.2) is 0 Å². The summed E-state index contributed by atoms with van der Waals surface area (Å²) in [5, 5.41) is 18.5. The summed E-state index contributed by atoms with van der Waals surface area (Å²) in [6.07, 6.45) is 1.59. The van der Waals surface area contributed by atoms with E-state index in [0.29, 0.717) is 5.56 Å². The van der Waals surface area contributed by atoms with E-state index in [9.17, 15) is 10.1 Å². The molecular formula is C10H10N4O2S. The first-order chi connectivity index (χ1) is 8.18. The third-order valence-corrected chi connectivity index (χ3v) is 2.92. The Labute approximate surface area is 102 Å². The van der Waals surface area contributed by atoms with Gasteiger partial charge in [-0.2, -0.15) is 0 Å². The number of nitro benzene ring substituents is 1. The Bertz CT molecular complexity index is 515. The van der Waals surface area contributed by atoms with Gasteiger partial charge in [-0.3, -0.25) is 10.1 Å². The predicted molar refractivity (Wildman–Crippen MR) is 65.0 cm³/mol. The molecule has 1 aromatic carbocycles. The van der Waals surface area contributed by atoms with Gasteiger partial charge in [-0.1, -0.05) is 22.7 Å². The second kappa shape index (κ2) is 4.88. The van der Waals surface area contributed by atoms with Gasteiger partial charge in [0.1, 0.15) is 5.00 Å². The molecule has 1 atom stereocenters. The monoisotopic (exact) mass is 250 g/mol. The largest absolute Gasteiger partial charge is 0.368 e. The Morgan fingerprint density at radius 3 is 2.88 bits per heavy atom. The summed E-state index contributed by atoms with van der Waals surface area (Å²) in [7, 11) is 0. The standard InChI is InChI=1S/C10H10N4O2S/c1-7(12-10-6-11-13-17-10)8-4-2-3-5-9(8)14(15)16/h2-7,12H,1H3. The van der Waals surface area contributed by atoms with Gasteiger partial charge in [-0.05, 0) is 6.92 Å². The molecule has 0 amide bonds. The average Bonchev–Trinajstić information content (AvgIpc) is 2.81. The minimum atomic E-state index is -0.377. The molecule has 1 heterocycles. The molecule has 17 heavy (non-hydrogen) atoms. The Hall–Kier alpha value is -2.02. The lowest BCUT2D eigenvalue weighted by Gasteiger charge is -2.13. The molecule has 0 fully saturated rings. The van der Waals surface area contributed by atoms with Crippen LogP contribution in [-0.4, -0.2) is 14.5 Å². The van der Waals surface area contributed by atoms with Gasteiger partial charge in [-0.15, -0.1) is 5.10 Å². The number of aromatic nitrogens is 2. The molecule has 0 saturated heterocycles. The summed E-state index contributed by atoms with van der Waals surface area (Å²) < 4.78 is 3.72. The van der Waals surface area contributed by atoms with Crippen molar-refractivity contribution >= 4 is 22.2 Å². The molecule has 1 aromatic heterocycles. The minimum Gasteiger partial charge on any atom is -0.368 e. The van der Waals surface area contributed by atoms with E-state index < -0.39 is 0 Å². The highest BCUT2D eigenvalue weighted by molar-refractivity contribution is 7.09. The van der Waals surface area contributed by atoms with Crippen molar-refractivity contribution in [2.24, 2.45) is 0 Å². The normalized spacial score (nSPS) is 12.1. The fourth-order valence-corrected chi connectivity index (χ4v) is 2.05. The SMILES string of the molecule is CC(Nc1cnns1)c1ccccc1[N+](=O)[O-]. The molecule has 7 heteroatoms. The Kier molecular flexibility index (Phi) is 3.29. The van der Waals surface area contributed by atoms with E-state index >= 15 is 0 Å². The first-order valence-electron chi connectivity index (χ1n) is 4.95. The number of benzene rings is 1. The number of para-hydroxylation sites is 1. The van der Waals surface area contributed by atoms with E-state index in [1.165, 1.54) is 17.6 Å². The number of rotatable bonds is 4. The van der Waals surface area contributed by atoms with Gasteiger partial charge in [0.2, 0.25) is 0 Å². The van der Waals surface area contributed by atoms with Gasteiger partial charge >= 0.3 is 0 Å². The Balaban J connectivity index is 2.24. The van der Waals surface area contributed by atoms with E-state index in [1.807, 2.05) is 6.92 Å². The average molecular weight is 250 g/mol. The molecule has 1 N–H and O–H groups in total. The number of hydrogen-bond donors (Lipinski definition) is 1. The molecule has 0 aliphatic carbocycles. The molecule has 2 aromatic rings. The Morgan fingerprint density at radius 2 is 2.24 bits per heavy atom. The number of nitrogens with one attached hydrogen (secondary N) is 1. The lowest BCUT2D eigenvalue weighted by molar-refractivity contribution is -0.385. The van der Waals surface area contributed by atoms with Crippen LogP contribution in [0.15, 0.2) is 30.5 Å². The maximum atomic E-state index is 10.9.